The van der Waals surface area contributed by atoms with Crippen LogP contribution in [0.2, 0.25) is 0 Å². The fourth-order valence-corrected chi connectivity index (χ4v) is 1.39. The molecule has 0 aliphatic rings. The van der Waals surface area contributed by atoms with Crippen LogP contribution in [0.4, 0.5) is 0 Å². The van der Waals surface area contributed by atoms with Crippen molar-refractivity contribution in [2.45, 2.75) is 13.8 Å². The summed E-state index contributed by atoms with van der Waals surface area (Å²) >= 11 is 0. The quantitative estimate of drug-likeness (QED) is 0.788. The summed E-state index contributed by atoms with van der Waals surface area (Å²) in [6.45, 7) is 3.73. The minimum absolute atomic E-state index is 0.409. The number of ether oxygens (including phenoxy) is 1. The summed E-state index contributed by atoms with van der Waals surface area (Å²) in [6, 6.07) is 9.06. The lowest BCUT2D eigenvalue weighted by Crippen LogP contribution is -1.92. The molecule has 17 heavy (non-hydrogen) atoms. The van der Waals surface area contributed by atoms with E-state index in [4.69, 9.17) is 10.00 Å². The van der Waals surface area contributed by atoms with Gasteiger partial charge in [0.2, 0.25) is 5.88 Å². The molecule has 0 spiro atoms. The van der Waals surface area contributed by atoms with Crippen LogP contribution in [0.3, 0.4) is 0 Å². The molecular weight excluding hydrogens is 214 g/mol. The van der Waals surface area contributed by atoms with Crippen LogP contribution >= 0.6 is 0 Å². The van der Waals surface area contributed by atoms with Crippen LogP contribution in [0.5, 0.6) is 11.6 Å². The van der Waals surface area contributed by atoms with Crippen molar-refractivity contribution in [1.29, 1.82) is 5.26 Å². The molecule has 2 aromatic heterocycles. The van der Waals surface area contributed by atoms with Gasteiger partial charge in [-0.25, -0.2) is 4.98 Å². The zero-order valence-electron chi connectivity index (χ0n) is 9.64. The van der Waals surface area contributed by atoms with Crippen LogP contribution in [-0.4, -0.2) is 9.97 Å². The first-order valence-electron chi connectivity index (χ1n) is 5.16. The highest BCUT2D eigenvalue weighted by atomic mass is 16.5. The molecule has 84 valence electrons. The molecule has 0 saturated carbocycles. The summed E-state index contributed by atoms with van der Waals surface area (Å²) < 4.78 is 5.53. The third kappa shape index (κ3) is 2.79. The second kappa shape index (κ2) is 4.62. The third-order valence-corrected chi connectivity index (χ3v) is 2.17. The summed E-state index contributed by atoms with van der Waals surface area (Å²) in [6.07, 6.45) is 1.63. The zero-order valence-corrected chi connectivity index (χ0v) is 9.64. The van der Waals surface area contributed by atoms with Crippen molar-refractivity contribution >= 4 is 0 Å². The maximum absolute atomic E-state index is 8.84. The highest BCUT2D eigenvalue weighted by Gasteiger charge is 2.02. The molecule has 0 atom stereocenters. The van der Waals surface area contributed by atoms with Gasteiger partial charge in [-0.05, 0) is 32.0 Å². The molecule has 0 amide bonds. The summed E-state index contributed by atoms with van der Waals surface area (Å²) in [5.74, 6) is 1.02. The Kier molecular flexibility index (Phi) is 3.01. The highest BCUT2D eigenvalue weighted by Crippen LogP contribution is 2.20. The number of nitriles is 1. The molecule has 0 aliphatic heterocycles. The Balaban J connectivity index is 2.27. The van der Waals surface area contributed by atoms with E-state index in [1.807, 2.05) is 26.0 Å². The van der Waals surface area contributed by atoms with Crippen molar-refractivity contribution in [3.05, 3.63) is 47.4 Å². The van der Waals surface area contributed by atoms with E-state index >= 15 is 0 Å². The maximum Gasteiger partial charge on any atom is 0.220 e. The molecule has 4 heteroatoms. The minimum Gasteiger partial charge on any atom is -0.437 e. The number of nitrogens with zero attached hydrogens (tertiary/aromatic N) is 3. The Morgan fingerprint density at radius 3 is 2.65 bits per heavy atom. The summed E-state index contributed by atoms with van der Waals surface area (Å²) in [4.78, 5) is 8.32. The number of rotatable bonds is 2. The Bertz CT molecular complexity index is 570. The zero-order chi connectivity index (χ0) is 12.3. The van der Waals surface area contributed by atoms with Gasteiger partial charge in [0.15, 0.2) is 0 Å². The Hall–Kier alpha value is -2.41. The van der Waals surface area contributed by atoms with Gasteiger partial charge in [-0.2, -0.15) is 5.26 Å². The van der Waals surface area contributed by atoms with Gasteiger partial charge in [-0.3, -0.25) is 4.98 Å². The standard InChI is InChI=1S/C13H11N3O/c1-9-3-4-12(8-15-9)17-13-6-11(7-14)5-10(2)16-13/h3-6,8H,1-2H3. The molecule has 0 radical (unpaired) electrons. The fourth-order valence-electron chi connectivity index (χ4n) is 1.39. The topological polar surface area (TPSA) is 58.8 Å². The number of pyridine rings is 2. The van der Waals surface area contributed by atoms with Crippen molar-refractivity contribution in [3.63, 3.8) is 0 Å². The largest absolute Gasteiger partial charge is 0.437 e. The lowest BCUT2D eigenvalue weighted by molar-refractivity contribution is 0.459. The van der Waals surface area contributed by atoms with Gasteiger partial charge >= 0.3 is 0 Å². The number of aryl methyl sites for hydroxylation is 2. The van der Waals surface area contributed by atoms with Crippen molar-refractivity contribution in [2.24, 2.45) is 0 Å². The highest BCUT2D eigenvalue weighted by molar-refractivity contribution is 5.36. The van der Waals surface area contributed by atoms with E-state index in [2.05, 4.69) is 16.0 Å². The van der Waals surface area contributed by atoms with Crippen molar-refractivity contribution in [3.8, 4) is 17.7 Å². The third-order valence-electron chi connectivity index (χ3n) is 2.17. The van der Waals surface area contributed by atoms with E-state index < -0.39 is 0 Å². The first-order valence-corrected chi connectivity index (χ1v) is 5.16. The number of hydrogen-bond donors (Lipinski definition) is 0. The summed E-state index contributed by atoms with van der Waals surface area (Å²) in [7, 11) is 0. The summed E-state index contributed by atoms with van der Waals surface area (Å²) in [5.41, 5.74) is 2.21. The van der Waals surface area contributed by atoms with Crippen LogP contribution in [0, 0.1) is 25.2 Å². The molecule has 0 aliphatic carbocycles. The number of hydrogen-bond acceptors (Lipinski definition) is 4. The molecule has 2 heterocycles. The monoisotopic (exact) mass is 225 g/mol. The van der Waals surface area contributed by atoms with Crippen LogP contribution in [0.1, 0.15) is 17.0 Å². The van der Waals surface area contributed by atoms with E-state index in [0.29, 0.717) is 17.2 Å². The molecule has 2 aromatic rings. The van der Waals surface area contributed by atoms with Crippen molar-refractivity contribution < 1.29 is 4.74 Å². The molecule has 0 saturated heterocycles. The average Bonchev–Trinajstić information content (AvgIpc) is 2.31. The first kappa shape index (κ1) is 11.1. The predicted molar refractivity (Wildman–Crippen MR) is 62.7 cm³/mol. The smallest absolute Gasteiger partial charge is 0.220 e. The molecule has 0 aromatic carbocycles. The van der Waals surface area contributed by atoms with Gasteiger partial charge in [0, 0.05) is 17.5 Å². The van der Waals surface area contributed by atoms with Gasteiger partial charge < -0.3 is 4.74 Å². The minimum atomic E-state index is 0.409. The van der Waals surface area contributed by atoms with E-state index in [-0.39, 0.29) is 0 Å². The summed E-state index contributed by atoms with van der Waals surface area (Å²) in [5, 5.41) is 8.84. The first-order chi connectivity index (χ1) is 8.17. The normalized spacial score (nSPS) is 9.71. The van der Waals surface area contributed by atoms with E-state index in [9.17, 15) is 0 Å². The second-order valence-corrected chi connectivity index (χ2v) is 3.68. The molecule has 2 rings (SSSR count). The van der Waals surface area contributed by atoms with Gasteiger partial charge in [0.25, 0.3) is 0 Å². The van der Waals surface area contributed by atoms with Crippen LogP contribution < -0.4 is 4.74 Å². The predicted octanol–water partition coefficient (Wildman–Crippen LogP) is 2.76. The molecule has 0 fully saturated rings. The Labute approximate surface area is 99.5 Å². The van der Waals surface area contributed by atoms with E-state index in [0.717, 1.165) is 11.4 Å². The van der Waals surface area contributed by atoms with Gasteiger partial charge in [0.1, 0.15) is 5.75 Å². The fraction of sp³-hybridized carbons (Fsp3) is 0.154. The van der Waals surface area contributed by atoms with Crippen molar-refractivity contribution in [2.75, 3.05) is 0 Å². The lowest BCUT2D eigenvalue weighted by Gasteiger charge is -2.05. The van der Waals surface area contributed by atoms with Crippen LogP contribution in [-0.2, 0) is 0 Å². The SMILES string of the molecule is Cc1ccc(Oc2cc(C#N)cc(C)n2)cn1. The van der Waals surface area contributed by atoms with Gasteiger partial charge in [0.05, 0.1) is 17.8 Å². The van der Waals surface area contributed by atoms with Crippen LogP contribution in [0.15, 0.2) is 30.5 Å². The Morgan fingerprint density at radius 2 is 2.00 bits per heavy atom. The van der Waals surface area contributed by atoms with Crippen molar-refractivity contribution in [1.82, 2.24) is 9.97 Å². The average molecular weight is 225 g/mol. The van der Waals surface area contributed by atoms with Crippen LogP contribution in [0.25, 0.3) is 0 Å². The molecule has 4 nitrogen and oxygen atoms in total. The molecule has 0 unspecified atom stereocenters. The number of aromatic nitrogens is 2. The molecular formula is C13H11N3O. The maximum atomic E-state index is 8.84. The Morgan fingerprint density at radius 1 is 1.18 bits per heavy atom. The molecule has 0 N–H and O–H groups in total. The molecule has 0 bridgehead atoms. The van der Waals surface area contributed by atoms with E-state index in [1.165, 1.54) is 0 Å². The lowest BCUT2D eigenvalue weighted by atomic mass is 10.2. The second-order valence-electron chi connectivity index (χ2n) is 3.68. The van der Waals surface area contributed by atoms with E-state index in [1.54, 1.807) is 18.3 Å². The van der Waals surface area contributed by atoms with Gasteiger partial charge in [-0.15, -0.1) is 0 Å². The van der Waals surface area contributed by atoms with Gasteiger partial charge in [-0.1, -0.05) is 0 Å².